The number of pyridine rings is 1. The number of hydrogen-bond donors (Lipinski definition) is 1. The zero-order valence-corrected chi connectivity index (χ0v) is 13.4. The highest BCUT2D eigenvalue weighted by Crippen LogP contribution is 2.24. The second-order valence-electron chi connectivity index (χ2n) is 5.47. The number of anilines is 1. The first kappa shape index (κ1) is 15.7. The van der Waals surface area contributed by atoms with Gasteiger partial charge in [0.25, 0.3) is 0 Å². The summed E-state index contributed by atoms with van der Waals surface area (Å²) in [4.78, 5) is 7.12. The van der Waals surface area contributed by atoms with E-state index in [0.717, 1.165) is 24.4 Å². The molecule has 1 aromatic carbocycles. The molecule has 114 valence electrons. The topological polar surface area (TPSA) is 37.4 Å². The van der Waals surface area contributed by atoms with Crippen molar-refractivity contribution in [2.45, 2.75) is 26.4 Å². The summed E-state index contributed by atoms with van der Waals surface area (Å²) < 4.78 is 5.23. The van der Waals surface area contributed by atoms with Crippen LogP contribution in [0.3, 0.4) is 0 Å². The Morgan fingerprint density at radius 1 is 1.29 bits per heavy atom. The van der Waals surface area contributed by atoms with Gasteiger partial charge >= 0.3 is 0 Å². The number of nitrogens with one attached hydrogen (secondary N) is 1. The Balaban J connectivity index is 2.46. The van der Waals surface area contributed by atoms with Gasteiger partial charge in [0.15, 0.2) is 0 Å². The molecule has 1 aromatic heterocycles. The van der Waals surface area contributed by atoms with Gasteiger partial charge < -0.3 is 15.0 Å². The average molecular weight is 287 g/mol. The van der Waals surface area contributed by atoms with E-state index in [0.29, 0.717) is 12.6 Å². The summed E-state index contributed by atoms with van der Waals surface area (Å²) in [5.41, 5.74) is 2.32. The predicted molar refractivity (Wildman–Crippen MR) is 88.9 cm³/mol. The van der Waals surface area contributed by atoms with Crippen molar-refractivity contribution in [3.63, 3.8) is 0 Å². The molecule has 0 amide bonds. The number of fused-ring (bicyclic) bond motifs is 1. The van der Waals surface area contributed by atoms with Crippen molar-refractivity contribution < 1.29 is 4.74 Å². The number of rotatable bonds is 7. The number of methoxy groups -OCH3 is 1. The second-order valence-corrected chi connectivity index (χ2v) is 5.47. The van der Waals surface area contributed by atoms with Crippen LogP contribution in [0.2, 0.25) is 0 Å². The summed E-state index contributed by atoms with van der Waals surface area (Å²) >= 11 is 0. The van der Waals surface area contributed by atoms with Crippen molar-refractivity contribution in [1.82, 2.24) is 10.3 Å². The summed E-state index contributed by atoms with van der Waals surface area (Å²) in [6.45, 7) is 6.76. The first-order chi connectivity index (χ1) is 10.2. The van der Waals surface area contributed by atoms with Crippen LogP contribution < -0.4 is 10.2 Å². The van der Waals surface area contributed by atoms with Crippen LogP contribution in [-0.4, -0.2) is 38.3 Å². The highest BCUT2D eigenvalue weighted by Gasteiger charge is 2.14. The Kier molecular flexibility index (Phi) is 5.53. The molecule has 21 heavy (non-hydrogen) atoms. The Bertz CT molecular complexity index is 583. The molecule has 1 heterocycles. The Labute approximate surface area is 127 Å². The zero-order valence-electron chi connectivity index (χ0n) is 13.4. The number of benzene rings is 1. The first-order valence-corrected chi connectivity index (χ1v) is 7.46. The van der Waals surface area contributed by atoms with Gasteiger partial charge in [-0.05, 0) is 38.6 Å². The van der Waals surface area contributed by atoms with E-state index >= 15 is 0 Å². The lowest BCUT2D eigenvalue weighted by atomic mass is 10.1. The second kappa shape index (κ2) is 7.38. The van der Waals surface area contributed by atoms with Gasteiger partial charge in [-0.15, -0.1) is 0 Å². The first-order valence-electron chi connectivity index (χ1n) is 7.46. The highest BCUT2D eigenvalue weighted by atomic mass is 16.5. The minimum atomic E-state index is 0.385. The van der Waals surface area contributed by atoms with Crippen LogP contribution in [0.1, 0.15) is 19.4 Å². The average Bonchev–Trinajstić information content (AvgIpc) is 2.47. The molecule has 2 rings (SSSR count). The molecule has 4 nitrogen and oxygen atoms in total. The van der Waals surface area contributed by atoms with Crippen LogP contribution in [0.5, 0.6) is 0 Å². The van der Waals surface area contributed by atoms with Crippen molar-refractivity contribution in [3.8, 4) is 0 Å². The molecule has 2 aromatic rings. The number of para-hydroxylation sites is 1. The summed E-state index contributed by atoms with van der Waals surface area (Å²) in [6, 6.07) is 10.9. The molecule has 0 saturated carbocycles. The molecule has 0 aliphatic carbocycles. The molecule has 0 atom stereocenters. The summed E-state index contributed by atoms with van der Waals surface area (Å²) in [6.07, 6.45) is 0. The van der Waals surface area contributed by atoms with Crippen LogP contribution in [0.25, 0.3) is 10.9 Å². The SMILES string of the molecule is CNCc1cc(N(CCOC)C(C)C)nc2ccccc12. The van der Waals surface area contributed by atoms with E-state index in [-0.39, 0.29) is 0 Å². The maximum Gasteiger partial charge on any atom is 0.129 e. The van der Waals surface area contributed by atoms with Crippen molar-refractivity contribution in [3.05, 3.63) is 35.9 Å². The number of ether oxygens (including phenoxy) is 1. The van der Waals surface area contributed by atoms with Gasteiger partial charge in [-0.1, -0.05) is 18.2 Å². The molecule has 0 radical (unpaired) electrons. The lowest BCUT2D eigenvalue weighted by Crippen LogP contribution is -2.34. The molecule has 0 unspecified atom stereocenters. The van der Waals surface area contributed by atoms with Crippen LogP contribution in [0, 0.1) is 0 Å². The predicted octanol–water partition coefficient (Wildman–Crippen LogP) is 2.82. The van der Waals surface area contributed by atoms with Crippen LogP contribution in [-0.2, 0) is 11.3 Å². The summed E-state index contributed by atoms with van der Waals surface area (Å²) in [5, 5.41) is 4.46. The normalized spacial score (nSPS) is 11.3. The maximum atomic E-state index is 5.23. The third-order valence-electron chi connectivity index (χ3n) is 3.61. The molecule has 0 aliphatic rings. The van der Waals surface area contributed by atoms with Crippen LogP contribution in [0.4, 0.5) is 5.82 Å². The van der Waals surface area contributed by atoms with Crippen molar-refractivity contribution in [2.24, 2.45) is 0 Å². The van der Waals surface area contributed by atoms with Gasteiger partial charge in [-0.2, -0.15) is 0 Å². The summed E-state index contributed by atoms with van der Waals surface area (Å²) in [5.74, 6) is 1.02. The van der Waals surface area contributed by atoms with Gasteiger partial charge in [0.2, 0.25) is 0 Å². The molecule has 0 fully saturated rings. The van der Waals surface area contributed by atoms with E-state index in [1.807, 2.05) is 13.1 Å². The highest BCUT2D eigenvalue weighted by molar-refractivity contribution is 5.84. The third-order valence-corrected chi connectivity index (χ3v) is 3.61. The van der Waals surface area contributed by atoms with E-state index in [2.05, 4.69) is 48.3 Å². The fourth-order valence-electron chi connectivity index (χ4n) is 2.54. The fraction of sp³-hybridized carbons (Fsp3) is 0.471. The maximum absolute atomic E-state index is 5.23. The minimum Gasteiger partial charge on any atom is -0.383 e. The van der Waals surface area contributed by atoms with Gasteiger partial charge in [0.1, 0.15) is 5.82 Å². The number of nitrogens with zero attached hydrogens (tertiary/aromatic N) is 2. The van der Waals surface area contributed by atoms with Gasteiger partial charge in [0, 0.05) is 31.6 Å². The summed E-state index contributed by atoms with van der Waals surface area (Å²) in [7, 11) is 3.71. The van der Waals surface area contributed by atoms with E-state index < -0.39 is 0 Å². The van der Waals surface area contributed by atoms with Crippen molar-refractivity contribution in [1.29, 1.82) is 0 Å². The fourth-order valence-corrected chi connectivity index (χ4v) is 2.54. The van der Waals surface area contributed by atoms with Crippen LogP contribution in [0.15, 0.2) is 30.3 Å². The smallest absolute Gasteiger partial charge is 0.129 e. The van der Waals surface area contributed by atoms with E-state index in [1.165, 1.54) is 10.9 Å². The number of aromatic nitrogens is 1. The van der Waals surface area contributed by atoms with E-state index in [1.54, 1.807) is 7.11 Å². The largest absolute Gasteiger partial charge is 0.383 e. The Morgan fingerprint density at radius 3 is 2.71 bits per heavy atom. The standard InChI is InChI=1S/C17H25N3O/c1-13(2)20(9-10-21-4)17-11-14(12-18-3)15-7-5-6-8-16(15)19-17/h5-8,11,13,18H,9-10,12H2,1-4H3. The van der Waals surface area contributed by atoms with E-state index in [9.17, 15) is 0 Å². The quantitative estimate of drug-likeness (QED) is 0.849. The molecule has 0 bridgehead atoms. The van der Waals surface area contributed by atoms with Crippen molar-refractivity contribution in [2.75, 3.05) is 32.2 Å². The van der Waals surface area contributed by atoms with Crippen LogP contribution >= 0.6 is 0 Å². The molecule has 0 aliphatic heterocycles. The van der Waals surface area contributed by atoms with Gasteiger partial charge in [-0.3, -0.25) is 0 Å². The molecular formula is C17H25N3O. The third kappa shape index (κ3) is 3.71. The van der Waals surface area contributed by atoms with Gasteiger partial charge in [0.05, 0.1) is 12.1 Å². The molecule has 0 spiro atoms. The monoisotopic (exact) mass is 287 g/mol. The molecular weight excluding hydrogens is 262 g/mol. The lowest BCUT2D eigenvalue weighted by molar-refractivity contribution is 0.203. The molecule has 1 N–H and O–H groups in total. The Morgan fingerprint density at radius 2 is 2.05 bits per heavy atom. The molecule has 0 saturated heterocycles. The zero-order chi connectivity index (χ0) is 15.2. The minimum absolute atomic E-state index is 0.385. The van der Waals surface area contributed by atoms with Crippen molar-refractivity contribution >= 4 is 16.7 Å². The lowest BCUT2D eigenvalue weighted by Gasteiger charge is -2.28. The van der Waals surface area contributed by atoms with Gasteiger partial charge in [-0.25, -0.2) is 4.98 Å². The molecule has 4 heteroatoms. The Hall–Kier alpha value is -1.65. The van der Waals surface area contributed by atoms with E-state index in [4.69, 9.17) is 9.72 Å². The number of hydrogen-bond acceptors (Lipinski definition) is 4.